The van der Waals surface area contributed by atoms with Crippen LogP contribution >= 0.6 is 0 Å². The molecule has 1 fully saturated rings. The van der Waals surface area contributed by atoms with Crippen LogP contribution in [0.5, 0.6) is 0 Å². The van der Waals surface area contributed by atoms with Gasteiger partial charge in [0, 0.05) is 74.2 Å². The number of para-hydroxylation sites is 1. The number of aliphatic imine (C=N–C) groups is 1. The Morgan fingerprint density at radius 3 is 2.09 bits per heavy atom. The molecule has 20 nitrogen and oxygen atoms in total. The van der Waals surface area contributed by atoms with Gasteiger partial charge in [0.05, 0.1) is 6.33 Å². The minimum absolute atomic E-state index is 0.00527. The third kappa shape index (κ3) is 14.6. The van der Waals surface area contributed by atoms with Crippen LogP contribution in [-0.2, 0) is 52.8 Å². The minimum atomic E-state index is -1.29. The maximum absolute atomic E-state index is 14.7. The summed E-state index contributed by atoms with van der Waals surface area (Å²) < 4.78 is 0. The van der Waals surface area contributed by atoms with Crippen molar-refractivity contribution in [2.45, 2.75) is 101 Å². The zero-order valence-electron chi connectivity index (χ0n) is 37.1. The second kappa shape index (κ2) is 24.0. The van der Waals surface area contributed by atoms with Gasteiger partial charge in [-0.2, -0.15) is 0 Å². The van der Waals surface area contributed by atoms with Crippen LogP contribution in [0.1, 0.15) is 68.2 Å². The van der Waals surface area contributed by atoms with E-state index in [0.29, 0.717) is 29.7 Å². The molecule has 5 aromatic rings. The highest BCUT2D eigenvalue weighted by Crippen LogP contribution is 2.21. The van der Waals surface area contributed by atoms with Crippen LogP contribution < -0.4 is 49.1 Å². The van der Waals surface area contributed by atoms with Gasteiger partial charge in [0.15, 0.2) is 5.96 Å². The Bertz CT molecular complexity index is 2550. The topological polar surface area (TPSA) is 327 Å². The third-order valence-corrected chi connectivity index (χ3v) is 11.5. The number of rotatable bonds is 11. The van der Waals surface area contributed by atoms with E-state index < -0.39 is 65.7 Å². The van der Waals surface area contributed by atoms with E-state index in [1.807, 2.05) is 66.7 Å². The molecule has 0 saturated carbocycles. The fourth-order valence-corrected chi connectivity index (χ4v) is 7.98. The largest absolute Gasteiger partial charge is 0.370 e. The maximum atomic E-state index is 14.7. The summed E-state index contributed by atoms with van der Waals surface area (Å²) in [6.07, 6.45) is 6.02. The molecular formula is C47H59N13O7. The monoisotopic (exact) mass is 917 g/mol. The number of nitrogens with zero attached hydrogens (tertiary/aromatic N) is 2. The maximum Gasteiger partial charge on any atom is 0.243 e. The average molecular weight is 918 g/mol. The number of fused-ring (bicyclic) bond motifs is 2. The fourth-order valence-electron chi connectivity index (χ4n) is 7.98. The summed E-state index contributed by atoms with van der Waals surface area (Å²) in [5.41, 5.74) is 19.7. The molecule has 6 rings (SSSR count). The lowest BCUT2D eigenvalue weighted by molar-refractivity contribution is -0.135. The summed E-state index contributed by atoms with van der Waals surface area (Å²) >= 11 is 0. The Labute approximate surface area is 386 Å². The summed E-state index contributed by atoms with van der Waals surface area (Å²) in [7, 11) is 0. The predicted octanol–water partition coefficient (Wildman–Crippen LogP) is 0.505. The second-order valence-corrected chi connectivity index (χ2v) is 16.6. The first-order valence-corrected chi connectivity index (χ1v) is 22.4. The van der Waals surface area contributed by atoms with Crippen molar-refractivity contribution in [3.63, 3.8) is 0 Å². The molecule has 0 spiro atoms. The van der Waals surface area contributed by atoms with Gasteiger partial charge in [0.2, 0.25) is 41.4 Å². The molecule has 1 aliphatic heterocycles. The van der Waals surface area contributed by atoms with Crippen LogP contribution in [0.3, 0.4) is 0 Å². The summed E-state index contributed by atoms with van der Waals surface area (Å²) in [5.74, 6) is -4.59. The van der Waals surface area contributed by atoms with Crippen molar-refractivity contribution in [2.24, 2.45) is 22.2 Å². The van der Waals surface area contributed by atoms with Crippen molar-refractivity contribution < 1.29 is 33.6 Å². The number of primary amides is 1. The van der Waals surface area contributed by atoms with E-state index in [0.717, 1.165) is 21.7 Å². The van der Waals surface area contributed by atoms with Crippen molar-refractivity contribution in [3.8, 4) is 0 Å². The Kier molecular flexibility index (Phi) is 17.4. The number of carbonyl (C=O) groups is 7. The summed E-state index contributed by atoms with van der Waals surface area (Å²) in [5, 5.41) is 19.4. The van der Waals surface area contributed by atoms with Crippen molar-refractivity contribution >= 4 is 69.0 Å². The van der Waals surface area contributed by atoms with Crippen molar-refractivity contribution in [2.75, 3.05) is 13.1 Å². The van der Waals surface area contributed by atoms with Gasteiger partial charge in [-0.3, -0.25) is 38.6 Å². The van der Waals surface area contributed by atoms with Crippen LogP contribution in [-0.4, -0.2) is 106 Å². The molecule has 1 aliphatic rings. The highest BCUT2D eigenvalue weighted by atomic mass is 16.2. The van der Waals surface area contributed by atoms with Crippen LogP contribution in [0.4, 0.5) is 0 Å². The van der Waals surface area contributed by atoms with Crippen molar-refractivity contribution in [1.29, 1.82) is 0 Å². The second-order valence-electron chi connectivity index (χ2n) is 16.6. The average Bonchev–Trinajstić information content (AvgIpc) is 3.98. The van der Waals surface area contributed by atoms with Crippen LogP contribution in [0, 0.1) is 0 Å². The van der Waals surface area contributed by atoms with Gasteiger partial charge in [-0.1, -0.05) is 60.7 Å². The van der Waals surface area contributed by atoms with Crippen molar-refractivity contribution in [3.05, 3.63) is 102 Å². The Morgan fingerprint density at radius 1 is 0.672 bits per heavy atom. The number of imidazole rings is 1. The molecule has 354 valence electrons. The molecule has 2 aromatic heterocycles. The minimum Gasteiger partial charge on any atom is -0.370 e. The number of H-pyrrole nitrogens is 2. The Hall–Kier alpha value is -7.77. The standard InChI is InChI=1S/C47H59N13O7/c48-42(63)35-13-5-6-19-52-40(61)15-7-16-41(62)56-39(24-32-26-51-27-55-32)46(67)59-37(22-28-17-18-29-9-1-2-10-30(29)21-28)44(65)58-36(14-8-20-53-47(49)50)43(64)60-38(45(66)57-35)23-31-25-54-34-12-4-3-11-33(31)34/h1-4,9-12,17-18,21,25-27,35-39,54H,5-8,13-16,19-20,22-24H2,(H2,48,63)(H,51,55)(H,52,61)(H,56,62)(H,57,66)(H,58,65)(H,59,67)(H,60,64)(H4,49,50,53)/t35-,36-,37+,38-,39-/m0/s1. The van der Waals surface area contributed by atoms with Gasteiger partial charge in [0.25, 0.3) is 0 Å². The summed E-state index contributed by atoms with van der Waals surface area (Å²) in [6, 6.07) is 14.6. The van der Waals surface area contributed by atoms with Gasteiger partial charge in [0.1, 0.15) is 30.2 Å². The predicted molar refractivity (Wildman–Crippen MR) is 251 cm³/mol. The first kappa shape index (κ1) is 48.7. The lowest BCUT2D eigenvalue weighted by Crippen LogP contribution is -2.60. The number of nitrogens with two attached hydrogens (primary N) is 3. The molecule has 0 radical (unpaired) electrons. The number of hydrogen-bond acceptors (Lipinski definition) is 9. The molecule has 5 atom stereocenters. The van der Waals surface area contributed by atoms with Crippen LogP contribution in [0.2, 0.25) is 0 Å². The zero-order chi connectivity index (χ0) is 47.7. The van der Waals surface area contributed by atoms with E-state index in [1.54, 1.807) is 6.20 Å². The number of hydrogen-bond donors (Lipinski definition) is 11. The quantitative estimate of drug-likeness (QED) is 0.0495. The molecule has 1 saturated heterocycles. The molecule has 20 heteroatoms. The van der Waals surface area contributed by atoms with E-state index >= 15 is 0 Å². The first-order valence-electron chi connectivity index (χ1n) is 22.4. The SMILES string of the molecule is NC(=O)[C@@H]1CCCCNC(=O)CCCC(=O)N[C@@H](Cc2cnc[nH]2)C(=O)N[C@H](Cc2ccc3ccccc3c2)C(=O)N[C@@H](CCCN=C(N)N)C(=O)N[C@@H](Cc2c[nH]c3ccccc23)C(=O)N1. The number of nitrogens with one attached hydrogen (secondary N) is 8. The lowest BCUT2D eigenvalue weighted by atomic mass is 9.99. The molecule has 14 N–H and O–H groups in total. The van der Waals surface area contributed by atoms with E-state index in [4.69, 9.17) is 17.2 Å². The normalized spacial score (nSPS) is 21.2. The Morgan fingerprint density at radius 2 is 1.34 bits per heavy atom. The number of amides is 7. The van der Waals surface area contributed by atoms with Gasteiger partial charge in [-0.15, -0.1) is 0 Å². The molecule has 0 unspecified atom stereocenters. The molecule has 3 heterocycles. The molecular weight excluding hydrogens is 859 g/mol. The Balaban J connectivity index is 1.35. The van der Waals surface area contributed by atoms with E-state index in [1.165, 1.54) is 12.5 Å². The number of benzene rings is 3. The molecule has 0 aliphatic carbocycles. The van der Waals surface area contributed by atoms with E-state index in [-0.39, 0.29) is 82.7 Å². The van der Waals surface area contributed by atoms with E-state index in [2.05, 4.69) is 51.8 Å². The van der Waals surface area contributed by atoms with Crippen LogP contribution in [0.25, 0.3) is 21.7 Å². The molecule has 3 aromatic carbocycles. The summed E-state index contributed by atoms with van der Waals surface area (Å²) in [4.78, 5) is 111. The number of aromatic amines is 2. The van der Waals surface area contributed by atoms with Gasteiger partial charge < -0.3 is 59.1 Å². The number of aromatic nitrogens is 3. The van der Waals surface area contributed by atoms with Gasteiger partial charge >= 0.3 is 0 Å². The van der Waals surface area contributed by atoms with Crippen molar-refractivity contribution in [1.82, 2.24) is 46.9 Å². The highest BCUT2D eigenvalue weighted by molar-refractivity contribution is 5.97. The third-order valence-electron chi connectivity index (χ3n) is 11.5. The molecule has 7 amide bonds. The van der Waals surface area contributed by atoms with E-state index in [9.17, 15) is 33.6 Å². The number of carbonyl (C=O) groups excluding carboxylic acids is 7. The van der Waals surface area contributed by atoms with Crippen LogP contribution in [0.15, 0.2) is 90.4 Å². The fraction of sp³-hybridized carbons (Fsp3) is 0.383. The first-order chi connectivity index (χ1) is 32.3. The smallest absolute Gasteiger partial charge is 0.243 e. The summed E-state index contributed by atoms with van der Waals surface area (Å²) in [6.45, 7) is 0.379. The molecule has 67 heavy (non-hydrogen) atoms. The lowest BCUT2D eigenvalue weighted by Gasteiger charge is -2.27. The van der Waals surface area contributed by atoms with Gasteiger partial charge in [-0.25, -0.2) is 4.98 Å². The highest BCUT2D eigenvalue weighted by Gasteiger charge is 2.33. The number of guanidine groups is 1. The van der Waals surface area contributed by atoms with Gasteiger partial charge in [-0.05, 0) is 66.5 Å². The molecule has 0 bridgehead atoms. The zero-order valence-corrected chi connectivity index (χ0v) is 37.1.